The molecule has 32 heavy (non-hydrogen) atoms. The summed E-state index contributed by atoms with van der Waals surface area (Å²) in [5.41, 5.74) is 4.44. The van der Waals surface area contributed by atoms with Gasteiger partial charge in [0.2, 0.25) is 0 Å². The van der Waals surface area contributed by atoms with E-state index in [1.54, 1.807) is 18.2 Å². The largest absolute Gasteiger partial charge is 0.483 e. The predicted molar refractivity (Wildman–Crippen MR) is 125 cm³/mol. The van der Waals surface area contributed by atoms with Gasteiger partial charge in [-0.3, -0.25) is 14.4 Å². The van der Waals surface area contributed by atoms with Crippen molar-refractivity contribution in [1.29, 1.82) is 0 Å². The maximum absolute atomic E-state index is 12.2. The number of nitrogens with zero attached hydrogens (tertiary/aromatic N) is 1. The molecule has 3 N–H and O–H groups in total. The summed E-state index contributed by atoms with van der Waals surface area (Å²) in [6.07, 6.45) is 3.89. The number of aryl methyl sites for hydroxylation is 1. The molecule has 0 aromatic heterocycles. The van der Waals surface area contributed by atoms with E-state index < -0.39 is 11.8 Å². The van der Waals surface area contributed by atoms with Crippen molar-refractivity contribution >= 4 is 41.2 Å². The molecule has 170 valence electrons. The first-order chi connectivity index (χ1) is 15.4. The third-order valence-electron chi connectivity index (χ3n) is 4.37. The number of hydrogen-bond donors (Lipinski definition) is 3. The van der Waals surface area contributed by atoms with Crippen LogP contribution in [0.3, 0.4) is 0 Å². The summed E-state index contributed by atoms with van der Waals surface area (Å²) in [6, 6.07) is 12.3. The molecule has 0 aliphatic rings. The third-order valence-corrected chi connectivity index (χ3v) is 4.60. The van der Waals surface area contributed by atoms with Crippen LogP contribution in [0.4, 0.5) is 5.69 Å². The lowest BCUT2D eigenvalue weighted by Crippen LogP contribution is -2.38. The molecule has 3 amide bonds. The van der Waals surface area contributed by atoms with Gasteiger partial charge in [0.05, 0.1) is 6.21 Å². The zero-order valence-electron chi connectivity index (χ0n) is 18.1. The Morgan fingerprint density at radius 1 is 1.06 bits per heavy atom. The minimum absolute atomic E-state index is 0.232. The summed E-state index contributed by atoms with van der Waals surface area (Å²) in [7, 11) is 0. The lowest BCUT2D eigenvalue weighted by Gasteiger charge is -2.10. The van der Waals surface area contributed by atoms with E-state index in [9.17, 15) is 14.4 Å². The smallest absolute Gasteiger partial charge is 0.329 e. The second-order valence-corrected chi connectivity index (χ2v) is 7.31. The first kappa shape index (κ1) is 24.9. The average molecular weight is 459 g/mol. The van der Waals surface area contributed by atoms with E-state index in [0.717, 1.165) is 19.3 Å². The normalized spacial score (nSPS) is 10.6. The van der Waals surface area contributed by atoms with Gasteiger partial charge in [0, 0.05) is 22.8 Å². The van der Waals surface area contributed by atoms with Gasteiger partial charge in [-0.05, 0) is 48.7 Å². The second-order valence-electron chi connectivity index (χ2n) is 6.88. The standard InChI is InChI=1S/C23H27ClN4O4/c1-3-5-12-25-22(30)23(31)28-26-14-17-13-18(24)8-11-20(17)32-15-21(29)27-19-9-6-16(4-2)7-10-19/h6-11,13-14H,3-5,12,15H2,1-2H3,(H,25,30)(H,27,29)(H,28,31)/b26-14-. The van der Waals surface area contributed by atoms with Crippen molar-refractivity contribution in [3.63, 3.8) is 0 Å². The highest BCUT2D eigenvalue weighted by atomic mass is 35.5. The molecule has 0 aliphatic heterocycles. The van der Waals surface area contributed by atoms with Crippen LogP contribution in [0.15, 0.2) is 47.6 Å². The van der Waals surface area contributed by atoms with Crippen LogP contribution in [0.25, 0.3) is 0 Å². The molecule has 0 saturated carbocycles. The molecule has 9 heteroatoms. The predicted octanol–water partition coefficient (Wildman–Crippen LogP) is 3.29. The van der Waals surface area contributed by atoms with Gasteiger partial charge < -0.3 is 15.4 Å². The number of nitrogens with one attached hydrogen (secondary N) is 3. The zero-order valence-corrected chi connectivity index (χ0v) is 18.9. The highest BCUT2D eigenvalue weighted by Crippen LogP contribution is 2.21. The maximum Gasteiger partial charge on any atom is 0.329 e. The fourth-order valence-corrected chi connectivity index (χ4v) is 2.77. The molecule has 0 fully saturated rings. The van der Waals surface area contributed by atoms with Gasteiger partial charge in [0.25, 0.3) is 5.91 Å². The lowest BCUT2D eigenvalue weighted by molar-refractivity contribution is -0.139. The van der Waals surface area contributed by atoms with Crippen LogP contribution in [0, 0.1) is 0 Å². The van der Waals surface area contributed by atoms with E-state index in [0.29, 0.717) is 28.6 Å². The molecular weight excluding hydrogens is 432 g/mol. The van der Waals surface area contributed by atoms with Crippen molar-refractivity contribution in [1.82, 2.24) is 10.7 Å². The van der Waals surface area contributed by atoms with Crippen LogP contribution >= 0.6 is 11.6 Å². The van der Waals surface area contributed by atoms with Crippen molar-refractivity contribution in [2.75, 3.05) is 18.5 Å². The number of hydrogen-bond acceptors (Lipinski definition) is 5. The highest BCUT2D eigenvalue weighted by molar-refractivity contribution is 6.35. The summed E-state index contributed by atoms with van der Waals surface area (Å²) in [5, 5.41) is 9.46. The molecule has 0 heterocycles. The Hall–Kier alpha value is -3.39. The summed E-state index contributed by atoms with van der Waals surface area (Å²) in [5.74, 6) is -1.63. The van der Waals surface area contributed by atoms with E-state index in [1.165, 1.54) is 11.8 Å². The molecule has 0 spiro atoms. The summed E-state index contributed by atoms with van der Waals surface area (Å²) in [6.45, 7) is 4.23. The molecule has 2 rings (SSSR count). The van der Waals surface area contributed by atoms with E-state index in [2.05, 4.69) is 28.1 Å². The van der Waals surface area contributed by atoms with E-state index in [4.69, 9.17) is 16.3 Å². The van der Waals surface area contributed by atoms with Crippen LogP contribution in [0.2, 0.25) is 5.02 Å². The molecule has 2 aromatic rings. The molecule has 0 radical (unpaired) electrons. The van der Waals surface area contributed by atoms with Crippen LogP contribution in [0.5, 0.6) is 5.75 Å². The van der Waals surface area contributed by atoms with Gasteiger partial charge in [-0.15, -0.1) is 0 Å². The first-order valence-electron chi connectivity index (χ1n) is 10.3. The van der Waals surface area contributed by atoms with Crippen LogP contribution in [-0.2, 0) is 20.8 Å². The number of halogens is 1. The zero-order chi connectivity index (χ0) is 23.3. The molecule has 0 bridgehead atoms. The molecule has 0 atom stereocenters. The highest BCUT2D eigenvalue weighted by Gasteiger charge is 2.12. The lowest BCUT2D eigenvalue weighted by atomic mass is 10.1. The van der Waals surface area contributed by atoms with Crippen molar-refractivity contribution in [2.24, 2.45) is 5.10 Å². The Kier molecular flexibility index (Phi) is 10.2. The summed E-state index contributed by atoms with van der Waals surface area (Å²) >= 11 is 6.03. The van der Waals surface area contributed by atoms with Gasteiger partial charge in [-0.1, -0.05) is 44.0 Å². The van der Waals surface area contributed by atoms with Crippen molar-refractivity contribution in [2.45, 2.75) is 33.1 Å². The van der Waals surface area contributed by atoms with Crippen molar-refractivity contribution < 1.29 is 19.1 Å². The van der Waals surface area contributed by atoms with Crippen molar-refractivity contribution in [3.8, 4) is 5.75 Å². The fraction of sp³-hybridized carbons (Fsp3) is 0.304. The molecular formula is C23H27ClN4O4. The van der Waals surface area contributed by atoms with E-state index in [1.807, 2.05) is 31.2 Å². The molecule has 8 nitrogen and oxygen atoms in total. The number of hydrazone groups is 1. The number of ether oxygens (including phenoxy) is 1. The number of rotatable bonds is 10. The van der Waals surface area contributed by atoms with Gasteiger partial charge in [0.1, 0.15) is 5.75 Å². The van der Waals surface area contributed by atoms with Gasteiger partial charge in [-0.2, -0.15) is 5.10 Å². The quantitative estimate of drug-likeness (QED) is 0.219. The maximum atomic E-state index is 12.2. The minimum atomic E-state index is -0.879. The monoisotopic (exact) mass is 458 g/mol. The Balaban J connectivity index is 1.92. The molecule has 0 aliphatic carbocycles. The van der Waals surface area contributed by atoms with Crippen LogP contribution in [0.1, 0.15) is 37.8 Å². The Bertz CT molecular complexity index is 961. The number of carbonyl (C=O) groups is 3. The van der Waals surface area contributed by atoms with Crippen molar-refractivity contribution in [3.05, 3.63) is 58.6 Å². The fourth-order valence-electron chi connectivity index (χ4n) is 2.59. The number of carbonyl (C=O) groups excluding carboxylic acids is 3. The van der Waals surface area contributed by atoms with Gasteiger partial charge in [-0.25, -0.2) is 5.43 Å². The third kappa shape index (κ3) is 8.39. The number of amides is 3. The number of benzene rings is 2. The minimum Gasteiger partial charge on any atom is -0.483 e. The topological polar surface area (TPSA) is 109 Å². The summed E-state index contributed by atoms with van der Waals surface area (Å²) < 4.78 is 5.59. The Morgan fingerprint density at radius 3 is 2.50 bits per heavy atom. The van der Waals surface area contributed by atoms with Gasteiger partial charge in [0.15, 0.2) is 6.61 Å². The SMILES string of the molecule is CCCCNC(=O)C(=O)N/N=C\c1cc(Cl)ccc1OCC(=O)Nc1ccc(CC)cc1. The Morgan fingerprint density at radius 2 is 1.81 bits per heavy atom. The Labute approximate surface area is 192 Å². The molecule has 2 aromatic carbocycles. The molecule has 0 unspecified atom stereocenters. The average Bonchev–Trinajstić information content (AvgIpc) is 2.79. The molecule has 0 saturated heterocycles. The second kappa shape index (κ2) is 13.1. The number of anilines is 1. The van der Waals surface area contributed by atoms with Gasteiger partial charge >= 0.3 is 11.8 Å². The number of unbranched alkanes of at least 4 members (excludes halogenated alkanes) is 1. The first-order valence-corrected chi connectivity index (χ1v) is 10.7. The van der Waals surface area contributed by atoms with Crippen LogP contribution < -0.4 is 20.8 Å². The van der Waals surface area contributed by atoms with E-state index in [-0.39, 0.29) is 12.5 Å². The van der Waals surface area contributed by atoms with Crippen LogP contribution in [-0.4, -0.2) is 37.1 Å². The van der Waals surface area contributed by atoms with E-state index >= 15 is 0 Å². The summed E-state index contributed by atoms with van der Waals surface area (Å²) in [4.78, 5) is 35.6.